The van der Waals surface area contributed by atoms with E-state index in [1.165, 1.54) is 0 Å². The zero-order chi connectivity index (χ0) is 13.2. The minimum atomic E-state index is -0.839. The third-order valence-corrected chi connectivity index (χ3v) is 3.37. The second kappa shape index (κ2) is 4.75. The summed E-state index contributed by atoms with van der Waals surface area (Å²) in [6.07, 6.45) is 4.08. The number of hydrogen-bond acceptors (Lipinski definition) is 4. The number of aliphatic carboxylic acids is 1. The van der Waals surface area contributed by atoms with E-state index in [4.69, 9.17) is 5.11 Å². The molecule has 0 radical (unpaired) electrons. The van der Waals surface area contributed by atoms with Crippen molar-refractivity contribution in [2.24, 2.45) is 5.41 Å². The topological polar surface area (TPSA) is 88.3 Å². The Morgan fingerprint density at radius 1 is 1.50 bits per heavy atom. The Morgan fingerprint density at radius 2 is 2.28 bits per heavy atom. The molecule has 1 N–H and O–H groups in total. The van der Waals surface area contributed by atoms with Gasteiger partial charge < -0.3 is 10.0 Å². The molecular weight excluding hydrogens is 236 g/mol. The summed E-state index contributed by atoms with van der Waals surface area (Å²) >= 11 is 0. The lowest BCUT2D eigenvalue weighted by Crippen LogP contribution is -2.35. The number of amides is 1. The molecule has 1 fully saturated rings. The number of carboxylic acid groups (broad SMARTS) is 1. The predicted octanol–water partition coefficient (Wildman–Crippen LogP) is -0.00860. The van der Waals surface area contributed by atoms with Gasteiger partial charge in [0.25, 0.3) is 0 Å². The van der Waals surface area contributed by atoms with E-state index >= 15 is 0 Å². The lowest BCUT2D eigenvalue weighted by Gasteiger charge is -2.20. The van der Waals surface area contributed by atoms with E-state index in [2.05, 4.69) is 10.3 Å². The van der Waals surface area contributed by atoms with Crippen molar-refractivity contribution < 1.29 is 14.7 Å². The van der Waals surface area contributed by atoms with E-state index in [9.17, 15) is 9.59 Å². The highest BCUT2D eigenvalue weighted by Gasteiger charge is 2.41. The number of carboxylic acids is 1. The van der Waals surface area contributed by atoms with Gasteiger partial charge in [-0.1, -0.05) is 5.21 Å². The maximum atomic E-state index is 11.9. The van der Waals surface area contributed by atoms with Crippen molar-refractivity contribution in [3.05, 3.63) is 12.4 Å². The van der Waals surface area contributed by atoms with Crippen LogP contribution in [-0.2, 0) is 16.1 Å². The van der Waals surface area contributed by atoms with Crippen molar-refractivity contribution in [1.82, 2.24) is 19.9 Å². The van der Waals surface area contributed by atoms with Crippen LogP contribution < -0.4 is 0 Å². The molecule has 1 aliphatic rings. The summed E-state index contributed by atoms with van der Waals surface area (Å²) in [5.41, 5.74) is -0.803. The van der Waals surface area contributed by atoms with Gasteiger partial charge in [0.1, 0.15) is 0 Å². The Kier molecular flexibility index (Phi) is 3.31. The number of aryl methyl sites for hydroxylation is 1. The monoisotopic (exact) mass is 252 g/mol. The van der Waals surface area contributed by atoms with Crippen LogP contribution >= 0.6 is 0 Å². The number of carbonyl (C=O) groups is 2. The maximum Gasteiger partial charge on any atom is 0.311 e. The normalized spacial score (nSPS) is 23.3. The molecule has 0 bridgehead atoms. The fraction of sp³-hybridized carbons (Fsp3) is 0.636. The summed E-state index contributed by atoms with van der Waals surface area (Å²) in [6, 6.07) is 0. The molecule has 1 amide bonds. The fourth-order valence-corrected chi connectivity index (χ4v) is 2.07. The highest BCUT2D eigenvalue weighted by atomic mass is 16.4. The molecule has 1 unspecified atom stereocenters. The van der Waals surface area contributed by atoms with Crippen molar-refractivity contribution >= 4 is 11.9 Å². The number of nitrogens with zero attached hydrogens (tertiary/aromatic N) is 4. The molecule has 1 saturated heterocycles. The predicted molar refractivity (Wildman–Crippen MR) is 61.6 cm³/mol. The van der Waals surface area contributed by atoms with E-state index in [1.54, 1.807) is 28.9 Å². The molecule has 1 atom stereocenters. The van der Waals surface area contributed by atoms with Gasteiger partial charge in [-0.3, -0.25) is 14.3 Å². The largest absolute Gasteiger partial charge is 0.481 e. The van der Waals surface area contributed by atoms with Crippen LogP contribution in [0, 0.1) is 5.41 Å². The van der Waals surface area contributed by atoms with Gasteiger partial charge in [0.15, 0.2) is 0 Å². The summed E-state index contributed by atoms with van der Waals surface area (Å²) < 4.78 is 1.59. The van der Waals surface area contributed by atoms with Crippen LogP contribution in [0.4, 0.5) is 0 Å². The summed E-state index contributed by atoms with van der Waals surface area (Å²) in [6.45, 7) is 2.96. The van der Waals surface area contributed by atoms with Gasteiger partial charge in [0, 0.05) is 25.7 Å². The highest BCUT2D eigenvalue weighted by Crippen LogP contribution is 2.30. The Hall–Kier alpha value is -1.92. The van der Waals surface area contributed by atoms with Crippen LogP contribution in [0.15, 0.2) is 12.4 Å². The van der Waals surface area contributed by atoms with E-state index in [1.807, 2.05) is 0 Å². The first kappa shape index (κ1) is 12.5. The zero-order valence-corrected chi connectivity index (χ0v) is 10.2. The Balaban J connectivity index is 1.86. The van der Waals surface area contributed by atoms with Crippen molar-refractivity contribution in [1.29, 1.82) is 0 Å². The first-order valence-corrected chi connectivity index (χ1v) is 5.86. The van der Waals surface area contributed by atoms with Crippen LogP contribution in [0.1, 0.15) is 19.8 Å². The highest BCUT2D eigenvalue weighted by molar-refractivity contribution is 5.80. The third-order valence-electron chi connectivity index (χ3n) is 3.37. The first-order valence-electron chi connectivity index (χ1n) is 5.86. The Bertz CT molecular complexity index is 445. The fourth-order valence-electron chi connectivity index (χ4n) is 2.07. The molecule has 2 heterocycles. The molecule has 0 aliphatic carbocycles. The van der Waals surface area contributed by atoms with E-state index in [-0.39, 0.29) is 5.91 Å². The van der Waals surface area contributed by atoms with Crippen molar-refractivity contribution in [2.45, 2.75) is 26.3 Å². The van der Waals surface area contributed by atoms with Gasteiger partial charge in [-0.05, 0) is 13.3 Å². The second-order valence-corrected chi connectivity index (χ2v) is 4.85. The SMILES string of the molecule is CC1(C(=O)O)CCN(C(=O)CCn2ccnn2)C1. The van der Waals surface area contributed by atoms with Crippen LogP contribution in [-0.4, -0.2) is 50.0 Å². The van der Waals surface area contributed by atoms with Crippen LogP contribution in [0.2, 0.25) is 0 Å². The Labute approximate surface area is 104 Å². The van der Waals surface area contributed by atoms with Gasteiger partial charge in [-0.2, -0.15) is 0 Å². The number of likely N-dealkylation sites (tertiary alicyclic amines) is 1. The van der Waals surface area contributed by atoms with Gasteiger partial charge in [-0.25, -0.2) is 0 Å². The molecule has 98 valence electrons. The molecule has 0 saturated carbocycles. The summed E-state index contributed by atoms with van der Waals surface area (Å²) in [5, 5.41) is 16.5. The molecule has 1 aromatic rings. The molecule has 7 heteroatoms. The van der Waals surface area contributed by atoms with Gasteiger partial charge >= 0.3 is 5.97 Å². The van der Waals surface area contributed by atoms with Crippen LogP contribution in [0.3, 0.4) is 0 Å². The van der Waals surface area contributed by atoms with Crippen LogP contribution in [0.5, 0.6) is 0 Å². The minimum absolute atomic E-state index is 0.0320. The van der Waals surface area contributed by atoms with E-state index < -0.39 is 11.4 Å². The van der Waals surface area contributed by atoms with Gasteiger partial charge in [0.2, 0.25) is 5.91 Å². The number of carbonyl (C=O) groups excluding carboxylic acids is 1. The smallest absolute Gasteiger partial charge is 0.311 e. The summed E-state index contributed by atoms with van der Waals surface area (Å²) in [7, 11) is 0. The average Bonchev–Trinajstić information content (AvgIpc) is 2.95. The second-order valence-electron chi connectivity index (χ2n) is 4.85. The lowest BCUT2D eigenvalue weighted by molar-refractivity contribution is -0.147. The lowest BCUT2D eigenvalue weighted by atomic mass is 9.90. The van der Waals surface area contributed by atoms with Crippen LogP contribution in [0.25, 0.3) is 0 Å². The van der Waals surface area contributed by atoms with E-state index in [0.717, 1.165) is 0 Å². The van der Waals surface area contributed by atoms with Crippen molar-refractivity contribution in [2.75, 3.05) is 13.1 Å². The number of rotatable bonds is 4. The molecular formula is C11H16N4O3. The third kappa shape index (κ3) is 2.49. The zero-order valence-electron chi connectivity index (χ0n) is 10.2. The molecule has 1 aromatic heterocycles. The van der Waals surface area contributed by atoms with Gasteiger partial charge in [0.05, 0.1) is 18.2 Å². The van der Waals surface area contributed by atoms with Gasteiger partial charge in [-0.15, -0.1) is 5.10 Å². The number of aromatic nitrogens is 3. The molecule has 18 heavy (non-hydrogen) atoms. The molecule has 2 rings (SSSR count). The first-order chi connectivity index (χ1) is 8.51. The maximum absolute atomic E-state index is 11.9. The standard InChI is InChI=1S/C11H16N4O3/c1-11(10(17)18)3-6-14(8-11)9(16)2-5-15-7-4-12-13-15/h4,7H,2-3,5-6,8H2,1H3,(H,17,18). The molecule has 7 nitrogen and oxygen atoms in total. The van der Waals surface area contributed by atoms with Crippen molar-refractivity contribution in [3.63, 3.8) is 0 Å². The minimum Gasteiger partial charge on any atom is -0.481 e. The number of hydrogen-bond donors (Lipinski definition) is 1. The summed E-state index contributed by atoms with van der Waals surface area (Å²) in [5.74, 6) is -0.871. The Morgan fingerprint density at radius 3 is 2.83 bits per heavy atom. The molecule has 0 aromatic carbocycles. The molecule has 0 spiro atoms. The van der Waals surface area contributed by atoms with E-state index in [0.29, 0.717) is 32.5 Å². The summed E-state index contributed by atoms with van der Waals surface area (Å²) in [4.78, 5) is 24.6. The average molecular weight is 252 g/mol. The quantitative estimate of drug-likeness (QED) is 0.814. The van der Waals surface area contributed by atoms with Crippen molar-refractivity contribution in [3.8, 4) is 0 Å². The molecule has 1 aliphatic heterocycles.